The van der Waals surface area contributed by atoms with E-state index in [1.807, 2.05) is 7.05 Å². The summed E-state index contributed by atoms with van der Waals surface area (Å²) in [6.07, 6.45) is 4.08. The second kappa shape index (κ2) is 8.41. The van der Waals surface area contributed by atoms with Gasteiger partial charge in [0.05, 0.1) is 6.54 Å². The minimum absolute atomic E-state index is 0.0000322. The van der Waals surface area contributed by atoms with Crippen molar-refractivity contribution >= 4 is 5.91 Å². The van der Waals surface area contributed by atoms with Gasteiger partial charge in [0.25, 0.3) is 0 Å². The van der Waals surface area contributed by atoms with Crippen molar-refractivity contribution < 1.29 is 14.3 Å². The fourth-order valence-electron chi connectivity index (χ4n) is 3.20. The zero-order valence-corrected chi connectivity index (χ0v) is 14.0. The lowest BCUT2D eigenvalue weighted by Crippen LogP contribution is -2.42. The highest BCUT2D eigenvalue weighted by atomic mass is 19.1. The summed E-state index contributed by atoms with van der Waals surface area (Å²) < 4.78 is 13.7. The SMILES string of the molecule is CN(Cc1ccccc1F)C(=O)CN(C)C1CCC(CO)CC1. The molecule has 0 aromatic heterocycles. The average molecular weight is 322 g/mol. The molecule has 1 fully saturated rings. The van der Waals surface area contributed by atoms with E-state index in [1.54, 1.807) is 30.1 Å². The van der Waals surface area contributed by atoms with Gasteiger partial charge in [-0.3, -0.25) is 9.69 Å². The molecule has 128 valence electrons. The first kappa shape index (κ1) is 17.9. The third-order valence-electron chi connectivity index (χ3n) is 4.87. The number of carbonyl (C=O) groups is 1. The predicted molar refractivity (Wildman–Crippen MR) is 88.3 cm³/mol. The Bertz CT molecular complexity index is 515. The number of benzene rings is 1. The maximum atomic E-state index is 13.7. The van der Waals surface area contributed by atoms with E-state index >= 15 is 0 Å². The van der Waals surface area contributed by atoms with Crippen LogP contribution in [0.4, 0.5) is 4.39 Å². The van der Waals surface area contributed by atoms with E-state index in [0.29, 0.717) is 24.1 Å². The molecule has 0 saturated heterocycles. The number of amides is 1. The first-order valence-electron chi connectivity index (χ1n) is 8.29. The van der Waals surface area contributed by atoms with Gasteiger partial charge in [-0.1, -0.05) is 18.2 Å². The topological polar surface area (TPSA) is 43.8 Å². The number of hydrogen-bond acceptors (Lipinski definition) is 3. The number of likely N-dealkylation sites (N-methyl/N-ethyl adjacent to an activating group) is 2. The molecule has 1 amide bonds. The van der Waals surface area contributed by atoms with Crippen LogP contribution in [0.15, 0.2) is 24.3 Å². The summed E-state index contributed by atoms with van der Waals surface area (Å²) in [4.78, 5) is 16.0. The number of aliphatic hydroxyl groups is 1. The normalized spacial score (nSPS) is 21.4. The molecule has 1 N–H and O–H groups in total. The lowest BCUT2D eigenvalue weighted by atomic mass is 9.86. The Balaban J connectivity index is 1.82. The van der Waals surface area contributed by atoms with Crippen LogP contribution >= 0.6 is 0 Å². The number of nitrogens with zero attached hydrogens (tertiary/aromatic N) is 2. The summed E-state index contributed by atoms with van der Waals surface area (Å²) in [5.41, 5.74) is 0.537. The van der Waals surface area contributed by atoms with Crippen molar-refractivity contribution in [2.45, 2.75) is 38.3 Å². The second-order valence-corrected chi connectivity index (χ2v) is 6.61. The fourth-order valence-corrected chi connectivity index (χ4v) is 3.20. The molecule has 0 aliphatic heterocycles. The van der Waals surface area contributed by atoms with Gasteiger partial charge in [0, 0.05) is 31.8 Å². The van der Waals surface area contributed by atoms with E-state index < -0.39 is 0 Å². The zero-order valence-electron chi connectivity index (χ0n) is 14.0. The van der Waals surface area contributed by atoms with E-state index in [2.05, 4.69) is 4.90 Å². The molecule has 5 heteroatoms. The Morgan fingerprint density at radius 3 is 2.48 bits per heavy atom. The molecule has 4 nitrogen and oxygen atoms in total. The van der Waals surface area contributed by atoms with Crippen molar-refractivity contribution in [2.24, 2.45) is 5.92 Å². The van der Waals surface area contributed by atoms with Crippen LogP contribution in [0.3, 0.4) is 0 Å². The highest BCUT2D eigenvalue weighted by molar-refractivity contribution is 5.78. The van der Waals surface area contributed by atoms with E-state index in [-0.39, 0.29) is 24.9 Å². The van der Waals surface area contributed by atoms with Crippen LogP contribution in [0.5, 0.6) is 0 Å². The molecule has 0 bridgehead atoms. The van der Waals surface area contributed by atoms with Crippen molar-refractivity contribution in [3.63, 3.8) is 0 Å². The molecule has 1 aromatic rings. The predicted octanol–water partition coefficient (Wildman–Crippen LogP) is 2.27. The van der Waals surface area contributed by atoms with Gasteiger partial charge in [-0.15, -0.1) is 0 Å². The first-order valence-corrected chi connectivity index (χ1v) is 8.29. The van der Waals surface area contributed by atoms with Crippen LogP contribution in [0.2, 0.25) is 0 Å². The van der Waals surface area contributed by atoms with Gasteiger partial charge in [-0.05, 0) is 44.7 Å². The summed E-state index contributed by atoms with van der Waals surface area (Å²) in [5, 5.41) is 9.19. The van der Waals surface area contributed by atoms with Gasteiger partial charge < -0.3 is 10.0 Å². The maximum Gasteiger partial charge on any atom is 0.236 e. The average Bonchev–Trinajstić information content (AvgIpc) is 2.56. The van der Waals surface area contributed by atoms with Gasteiger partial charge in [0.2, 0.25) is 5.91 Å². The van der Waals surface area contributed by atoms with Crippen molar-refractivity contribution in [3.8, 4) is 0 Å². The minimum atomic E-state index is -0.275. The lowest BCUT2D eigenvalue weighted by molar-refractivity contribution is -0.132. The van der Waals surface area contributed by atoms with E-state index in [0.717, 1.165) is 25.7 Å². The van der Waals surface area contributed by atoms with E-state index in [9.17, 15) is 14.3 Å². The molecule has 0 heterocycles. The standard InChI is InChI=1S/C18H27FN2O2/c1-20(16-9-7-14(13-22)8-10-16)12-18(23)21(2)11-15-5-3-4-6-17(15)19/h3-6,14,16,22H,7-13H2,1-2H3. The van der Waals surface area contributed by atoms with Gasteiger partial charge in [0.1, 0.15) is 5.82 Å². The van der Waals surface area contributed by atoms with Crippen LogP contribution in [0, 0.1) is 11.7 Å². The zero-order chi connectivity index (χ0) is 16.8. The lowest BCUT2D eigenvalue weighted by Gasteiger charge is -2.34. The Kier molecular flexibility index (Phi) is 6.54. The van der Waals surface area contributed by atoms with Crippen molar-refractivity contribution in [1.29, 1.82) is 0 Å². The molecular weight excluding hydrogens is 295 g/mol. The Hall–Kier alpha value is -1.46. The molecule has 1 aliphatic rings. The molecule has 1 aliphatic carbocycles. The summed E-state index contributed by atoms with van der Waals surface area (Å²) in [7, 11) is 3.68. The van der Waals surface area contributed by atoms with Crippen molar-refractivity contribution in [3.05, 3.63) is 35.6 Å². The highest BCUT2D eigenvalue weighted by Gasteiger charge is 2.25. The summed E-state index contributed by atoms with van der Waals surface area (Å²) in [6.45, 7) is 0.900. The van der Waals surface area contributed by atoms with E-state index in [4.69, 9.17) is 0 Å². The summed E-state index contributed by atoms with van der Waals surface area (Å²) in [5.74, 6) is 0.141. The summed E-state index contributed by atoms with van der Waals surface area (Å²) in [6, 6.07) is 6.95. The van der Waals surface area contributed by atoms with Crippen LogP contribution in [0.1, 0.15) is 31.2 Å². The number of halogens is 1. The molecule has 0 unspecified atom stereocenters. The molecule has 2 rings (SSSR count). The number of hydrogen-bond donors (Lipinski definition) is 1. The van der Waals surface area contributed by atoms with Gasteiger partial charge in [-0.25, -0.2) is 4.39 Å². The molecular formula is C18H27FN2O2. The Morgan fingerprint density at radius 1 is 1.22 bits per heavy atom. The largest absolute Gasteiger partial charge is 0.396 e. The maximum absolute atomic E-state index is 13.7. The minimum Gasteiger partial charge on any atom is -0.396 e. The molecule has 1 saturated carbocycles. The Morgan fingerprint density at radius 2 is 1.87 bits per heavy atom. The third kappa shape index (κ3) is 5.01. The molecule has 0 atom stereocenters. The van der Waals surface area contributed by atoms with E-state index in [1.165, 1.54) is 6.07 Å². The van der Waals surface area contributed by atoms with Gasteiger partial charge >= 0.3 is 0 Å². The second-order valence-electron chi connectivity index (χ2n) is 6.61. The molecule has 0 radical (unpaired) electrons. The molecule has 23 heavy (non-hydrogen) atoms. The van der Waals surface area contributed by atoms with Crippen LogP contribution in [-0.2, 0) is 11.3 Å². The fraction of sp³-hybridized carbons (Fsp3) is 0.611. The number of rotatable bonds is 6. The van der Waals surface area contributed by atoms with Gasteiger partial charge in [0.15, 0.2) is 0 Å². The van der Waals surface area contributed by atoms with Crippen LogP contribution < -0.4 is 0 Å². The summed E-state index contributed by atoms with van der Waals surface area (Å²) >= 11 is 0. The molecule has 0 spiro atoms. The Labute approximate surface area is 137 Å². The third-order valence-corrected chi connectivity index (χ3v) is 4.87. The van der Waals surface area contributed by atoms with Gasteiger partial charge in [-0.2, -0.15) is 0 Å². The molecule has 1 aromatic carbocycles. The smallest absolute Gasteiger partial charge is 0.236 e. The quantitative estimate of drug-likeness (QED) is 0.874. The van der Waals surface area contributed by atoms with Crippen molar-refractivity contribution in [1.82, 2.24) is 9.80 Å². The number of carbonyl (C=O) groups excluding carboxylic acids is 1. The monoisotopic (exact) mass is 322 g/mol. The number of aliphatic hydroxyl groups excluding tert-OH is 1. The van der Waals surface area contributed by atoms with Crippen LogP contribution in [-0.4, -0.2) is 54.1 Å². The van der Waals surface area contributed by atoms with Crippen LogP contribution in [0.25, 0.3) is 0 Å². The van der Waals surface area contributed by atoms with Crippen molar-refractivity contribution in [2.75, 3.05) is 27.2 Å². The first-order chi connectivity index (χ1) is 11.0. The highest BCUT2D eigenvalue weighted by Crippen LogP contribution is 2.26.